The second kappa shape index (κ2) is 12.9. The first-order valence-corrected chi connectivity index (χ1v) is 11.4. The van der Waals surface area contributed by atoms with E-state index >= 15 is 0 Å². The molecule has 0 aliphatic heterocycles. The summed E-state index contributed by atoms with van der Waals surface area (Å²) < 4.78 is 5.60. The molecule has 0 unspecified atom stereocenters. The third-order valence-electron chi connectivity index (χ3n) is 5.95. The number of nitrogens with zero attached hydrogens (tertiary/aromatic N) is 1. The quantitative estimate of drug-likeness (QED) is 0.296. The number of esters is 1. The van der Waals surface area contributed by atoms with Gasteiger partial charge in [-0.3, -0.25) is 9.78 Å². The van der Waals surface area contributed by atoms with Gasteiger partial charge in [0.05, 0.1) is 12.1 Å². The molecule has 27 heavy (non-hydrogen) atoms. The standard InChI is InChI=1S/C24H39NO2/c1-3-5-7-9-11-20-13-15-21(16-14-20)24(26)27-23-18-17-22(25-19-23)12-10-8-6-4-2/h17-21H,3-16H2,1-2H3/t20-,21-. The summed E-state index contributed by atoms with van der Waals surface area (Å²) in [4.78, 5) is 16.9. The Bertz CT molecular complexity index is 518. The largest absolute Gasteiger partial charge is 0.425 e. The van der Waals surface area contributed by atoms with E-state index in [0.717, 1.165) is 30.9 Å². The Morgan fingerprint density at radius 1 is 0.963 bits per heavy atom. The molecule has 3 nitrogen and oxygen atoms in total. The van der Waals surface area contributed by atoms with Gasteiger partial charge in [-0.15, -0.1) is 0 Å². The average molecular weight is 374 g/mol. The zero-order chi connectivity index (χ0) is 19.3. The number of ether oxygens (including phenoxy) is 1. The van der Waals surface area contributed by atoms with Gasteiger partial charge in [-0.2, -0.15) is 0 Å². The minimum atomic E-state index is -0.0584. The summed E-state index contributed by atoms with van der Waals surface area (Å²) in [5, 5.41) is 0. The Kier molecular flexibility index (Phi) is 10.5. The van der Waals surface area contributed by atoms with Gasteiger partial charge in [0.15, 0.2) is 0 Å². The Labute approximate surface area is 166 Å². The number of carbonyl (C=O) groups is 1. The van der Waals surface area contributed by atoms with Crippen molar-refractivity contribution in [3.8, 4) is 5.75 Å². The Morgan fingerprint density at radius 3 is 2.30 bits per heavy atom. The van der Waals surface area contributed by atoms with E-state index in [9.17, 15) is 4.79 Å². The highest BCUT2D eigenvalue weighted by molar-refractivity contribution is 5.75. The maximum atomic E-state index is 12.5. The lowest BCUT2D eigenvalue weighted by atomic mass is 9.80. The first kappa shape index (κ1) is 21.9. The molecule has 0 radical (unpaired) electrons. The smallest absolute Gasteiger partial charge is 0.314 e. The van der Waals surface area contributed by atoms with E-state index in [0.29, 0.717) is 5.75 Å². The molecule has 0 N–H and O–H groups in total. The summed E-state index contributed by atoms with van der Waals surface area (Å²) in [6.07, 6.45) is 18.7. The topological polar surface area (TPSA) is 39.2 Å². The third kappa shape index (κ3) is 8.45. The fraction of sp³-hybridized carbons (Fsp3) is 0.750. The van der Waals surface area contributed by atoms with Crippen molar-refractivity contribution in [2.75, 3.05) is 0 Å². The number of pyridine rings is 1. The molecular formula is C24H39NO2. The predicted octanol–water partition coefficient (Wildman–Crippen LogP) is 6.89. The molecule has 0 saturated heterocycles. The maximum Gasteiger partial charge on any atom is 0.314 e. The minimum Gasteiger partial charge on any atom is -0.425 e. The van der Waals surface area contributed by atoms with Gasteiger partial charge in [0.1, 0.15) is 5.75 Å². The van der Waals surface area contributed by atoms with Crippen molar-refractivity contribution in [3.05, 3.63) is 24.0 Å². The van der Waals surface area contributed by atoms with E-state index in [4.69, 9.17) is 4.74 Å². The van der Waals surface area contributed by atoms with Gasteiger partial charge in [-0.05, 0) is 56.6 Å². The molecule has 152 valence electrons. The number of rotatable bonds is 12. The minimum absolute atomic E-state index is 0.0584. The Balaban J connectivity index is 1.66. The van der Waals surface area contributed by atoms with Gasteiger partial charge in [0.2, 0.25) is 0 Å². The molecule has 0 bridgehead atoms. The highest BCUT2D eigenvalue weighted by Crippen LogP contribution is 2.33. The number of unbranched alkanes of at least 4 members (excludes halogenated alkanes) is 6. The van der Waals surface area contributed by atoms with Gasteiger partial charge in [-0.25, -0.2) is 0 Å². The molecule has 1 aromatic heterocycles. The normalized spacial score (nSPS) is 19.8. The van der Waals surface area contributed by atoms with Crippen molar-refractivity contribution in [1.29, 1.82) is 0 Å². The van der Waals surface area contributed by atoms with Gasteiger partial charge in [0, 0.05) is 5.69 Å². The van der Waals surface area contributed by atoms with Crippen molar-refractivity contribution < 1.29 is 9.53 Å². The van der Waals surface area contributed by atoms with Crippen LogP contribution in [0, 0.1) is 11.8 Å². The summed E-state index contributed by atoms with van der Waals surface area (Å²) in [5.74, 6) is 1.43. The highest BCUT2D eigenvalue weighted by Gasteiger charge is 2.27. The second-order valence-corrected chi connectivity index (χ2v) is 8.28. The fourth-order valence-electron chi connectivity index (χ4n) is 4.10. The van der Waals surface area contributed by atoms with Crippen molar-refractivity contribution in [3.63, 3.8) is 0 Å². The van der Waals surface area contributed by atoms with Crippen LogP contribution in [0.1, 0.15) is 103 Å². The van der Waals surface area contributed by atoms with Crippen LogP contribution in [0.25, 0.3) is 0 Å². The van der Waals surface area contributed by atoms with Gasteiger partial charge < -0.3 is 4.74 Å². The number of carbonyl (C=O) groups excluding carboxylic acids is 1. The molecule has 1 fully saturated rings. The lowest BCUT2D eigenvalue weighted by Gasteiger charge is -2.27. The summed E-state index contributed by atoms with van der Waals surface area (Å²) >= 11 is 0. The van der Waals surface area contributed by atoms with Crippen LogP contribution in [0.4, 0.5) is 0 Å². The van der Waals surface area contributed by atoms with Crippen LogP contribution >= 0.6 is 0 Å². The molecular weight excluding hydrogens is 334 g/mol. The Morgan fingerprint density at radius 2 is 1.67 bits per heavy atom. The van der Waals surface area contributed by atoms with E-state index < -0.39 is 0 Å². The molecule has 1 aliphatic carbocycles. The molecule has 1 saturated carbocycles. The van der Waals surface area contributed by atoms with Crippen LogP contribution in [-0.4, -0.2) is 11.0 Å². The SMILES string of the molecule is CCCCCCc1ccc(OC(=O)[C@H]2CC[C@H](CCCCCC)CC2)cn1. The lowest BCUT2D eigenvalue weighted by Crippen LogP contribution is -2.25. The van der Waals surface area contributed by atoms with Crippen LogP contribution in [0.2, 0.25) is 0 Å². The van der Waals surface area contributed by atoms with Gasteiger partial charge in [-0.1, -0.05) is 65.2 Å². The van der Waals surface area contributed by atoms with Crippen molar-refractivity contribution >= 4 is 5.97 Å². The number of aromatic nitrogens is 1. The molecule has 1 aromatic rings. The first-order chi connectivity index (χ1) is 13.2. The van der Waals surface area contributed by atoms with Crippen molar-refractivity contribution in [1.82, 2.24) is 4.98 Å². The van der Waals surface area contributed by atoms with Crippen LogP contribution in [-0.2, 0) is 11.2 Å². The third-order valence-corrected chi connectivity index (χ3v) is 5.95. The zero-order valence-corrected chi connectivity index (χ0v) is 17.5. The summed E-state index contributed by atoms with van der Waals surface area (Å²) in [7, 11) is 0. The van der Waals surface area contributed by atoms with Crippen molar-refractivity contribution in [2.24, 2.45) is 11.8 Å². The van der Waals surface area contributed by atoms with E-state index in [1.165, 1.54) is 70.6 Å². The molecule has 0 spiro atoms. The van der Waals surface area contributed by atoms with Crippen molar-refractivity contribution in [2.45, 2.75) is 104 Å². The summed E-state index contributed by atoms with van der Waals surface area (Å²) in [6.45, 7) is 4.48. The molecule has 0 atom stereocenters. The summed E-state index contributed by atoms with van der Waals surface area (Å²) in [5.41, 5.74) is 1.09. The molecule has 0 aromatic carbocycles. The maximum absolute atomic E-state index is 12.5. The molecule has 2 rings (SSSR count). The van der Waals surface area contributed by atoms with Gasteiger partial charge in [0.25, 0.3) is 0 Å². The van der Waals surface area contributed by atoms with E-state index in [1.807, 2.05) is 12.1 Å². The lowest BCUT2D eigenvalue weighted by molar-refractivity contribution is -0.140. The number of hydrogen-bond donors (Lipinski definition) is 0. The van der Waals surface area contributed by atoms with Gasteiger partial charge >= 0.3 is 5.97 Å². The average Bonchev–Trinajstić information content (AvgIpc) is 2.70. The van der Waals surface area contributed by atoms with E-state index in [2.05, 4.69) is 18.8 Å². The number of hydrogen-bond acceptors (Lipinski definition) is 3. The predicted molar refractivity (Wildman–Crippen MR) is 112 cm³/mol. The first-order valence-electron chi connectivity index (χ1n) is 11.4. The molecule has 3 heteroatoms. The number of aryl methyl sites for hydroxylation is 1. The monoisotopic (exact) mass is 373 g/mol. The second-order valence-electron chi connectivity index (χ2n) is 8.28. The van der Waals surface area contributed by atoms with Crippen LogP contribution in [0.15, 0.2) is 18.3 Å². The van der Waals surface area contributed by atoms with Crippen LogP contribution in [0.3, 0.4) is 0 Å². The van der Waals surface area contributed by atoms with E-state index in [1.54, 1.807) is 6.20 Å². The Hall–Kier alpha value is -1.38. The molecule has 0 amide bonds. The molecule has 1 aliphatic rings. The fourth-order valence-corrected chi connectivity index (χ4v) is 4.10. The van der Waals surface area contributed by atoms with Crippen LogP contribution < -0.4 is 4.74 Å². The van der Waals surface area contributed by atoms with Crippen LogP contribution in [0.5, 0.6) is 5.75 Å². The zero-order valence-electron chi connectivity index (χ0n) is 17.5. The summed E-state index contributed by atoms with van der Waals surface area (Å²) in [6, 6.07) is 3.90. The van der Waals surface area contributed by atoms with E-state index in [-0.39, 0.29) is 11.9 Å². The molecule has 1 heterocycles. The highest BCUT2D eigenvalue weighted by atomic mass is 16.5.